The molecule has 0 fully saturated rings. The van der Waals surface area contributed by atoms with Gasteiger partial charge in [-0.3, -0.25) is 10.1 Å². The molecule has 1 aromatic rings. The molecule has 6 nitrogen and oxygen atoms in total. The number of aryl methyl sites for hydroxylation is 1. The summed E-state index contributed by atoms with van der Waals surface area (Å²) in [4.78, 5) is 16.9. The van der Waals surface area contributed by atoms with Gasteiger partial charge in [-0.2, -0.15) is 0 Å². The molecule has 1 aromatic heterocycles. The van der Waals surface area contributed by atoms with Crippen LogP contribution in [0.25, 0.3) is 0 Å². The van der Waals surface area contributed by atoms with Crippen molar-refractivity contribution in [2.24, 2.45) is 5.92 Å². The van der Waals surface area contributed by atoms with Gasteiger partial charge in [-0.05, 0) is 33.0 Å². The van der Waals surface area contributed by atoms with E-state index in [1.54, 1.807) is 19.2 Å². The highest BCUT2D eigenvalue weighted by molar-refractivity contribution is 5.60. The summed E-state index contributed by atoms with van der Waals surface area (Å²) in [6.07, 6.45) is 1.59. The fourth-order valence-electron chi connectivity index (χ4n) is 1.88. The molecular formula is C13H22N4O2. The van der Waals surface area contributed by atoms with E-state index in [1.807, 2.05) is 14.1 Å². The first kappa shape index (κ1) is 15.4. The van der Waals surface area contributed by atoms with Crippen LogP contribution in [-0.2, 0) is 0 Å². The SMILES string of the molecule is Cc1ccnc(NC(CN(C)C)C(C)C)c1[N+](=O)[O-]. The van der Waals surface area contributed by atoms with E-state index in [9.17, 15) is 10.1 Å². The van der Waals surface area contributed by atoms with Crippen LogP contribution in [0.2, 0.25) is 0 Å². The Morgan fingerprint density at radius 3 is 2.58 bits per heavy atom. The van der Waals surface area contributed by atoms with Gasteiger partial charge in [-0.25, -0.2) is 4.98 Å². The number of pyridine rings is 1. The van der Waals surface area contributed by atoms with E-state index in [-0.39, 0.29) is 16.7 Å². The number of likely N-dealkylation sites (N-methyl/N-ethyl adjacent to an activating group) is 1. The summed E-state index contributed by atoms with van der Waals surface area (Å²) in [6.45, 7) is 6.69. The van der Waals surface area contributed by atoms with Crippen molar-refractivity contribution >= 4 is 11.5 Å². The molecule has 1 atom stereocenters. The molecule has 0 bridgehead atoms. The first-order valence-electron chi connectivity index (χ1n) is 6.34. The highest BCUT2D eigenvalue weighted by Crippen LogP contribution is 2.26. The molecule has 1 unspecified atom stereocenters. The molecular weight excluding hydrogens is 244 g/mol. The zero-order chi connectivity index (χ0) is 14.6. The monoisotopic (exact) mass is 266 g/mol. The minimum absolute atomic E-state index is 0.0620. The predicted octanol–water partition coefficient (Wildman–Crippen LogP) is 2.30. The molecule has 0 aliphatic carbocycles. The van der Waals surface area contributed by atoms with Gasteiger partial charge in [0.15, 0.2) is 0 Å². The third-order valence-electron chi connectivity index (χ3n) is 3.00. The third-order valence-corrected chi connectivity index (χ3v) is 3.00. The Balaban J connectivity index is 3.02. The lowest BCUT2D eigenvalue weighted by Gasteiger charge is -2.26. The lowest BCUT2D eigenvalue weighted by Crippen LogP contribution is -2.36. The van der Waals surface area contributed by atoms with Gasteiger partial charge in [0.25, 0.3) is 0 Å². The highest BCUT2D eigenvalue weighted by atomic mass is 16.6. The average Bonchev–Trinajstić information content (AvgIpc) is 2.26. The standard InChI is InChI=1S/C13H22N4O2/c1-9(2)11(8-16(4)5)15-13-12(17(18)19)10(3)6-7-14-13/h6-7,9,11H,8H2,1-5H3,(H,14,15). The van der Waals surface area contributed by atoms with Crippen molar-refractivity contribution < 1.29 is 4.92 Å². The Morgan fingerprint density at radius 1 is 1.47 bits per heavy atom. The molecule has 19 heavy (non-hydrogen) atoms. The summed E-state index contributed by atoms with van der Waals surface area (Å²) >= 11 is 0. The van der Waals surface area contributed by atoms with Gasteiger partial charge in [0, 0.05) is 24.3 Å². The average molecular weight is 266 g/mol. The van der Waals surface area contributed by atoms with Crippen LogP contribution < -0.4 is 5.32 Å². The Bertz CT molecular complexity index is 446. The zero-order valence-electron chi connectivity index (χ0n) is 12.2. The first-order valence-corrected chi connectivity index (χ1v) is 6.34. The van der Waals surface area contributed by atoms with Crippen molar-refractivity contribution in [2.75, 3.05) is 26.0 Å². The summed E-state index contributed by atoms with van der Waals surface area (Å²) in [7, 11) is 3.96. The summed E-state index contributed by atoms with van der Waals surface area (Å²) < 4.78 is 0. The summed E-state index contributed by atoms with van der Waals surface area (Å²) in [5, 5.41) is 14.3. The number of hydrogen-bond donors (Lipinski definition) is 1. The van der Waals surface area contributed by atoms with Crippen LogP contribution in [0.5, 0.6) is 0 Å². The maximum Gasteiger partial charge on any atom is 0.314 e. The number of nitro groups is 1. The van der Waals surface area contributed by atoms with Gasteiger partial charge < -0.3 is 10.2 Å². The molecule has 1 heterocycles. The van der Waals surface area contributed by atoms with E-state index < -0.39 is 0 Å². The molecule has 0 saturated carbocycles. The fourth-order valence-corrected chi connectivity index (χ4v) is 1.88. The molecule has 0 aliphatic heterocycles. The predicted molar refractivity (Wildman–Crippen MR) is 76.4 cm³/mol. The van der Waals surface area contributed by atoms with Crippen LogP contribution in [0.15, 0.2) is 12.3 Å². The minimum atomic E-state index is -0.377. The Kier molecular flexibility index (Phi) is 5.23. The van der Waals surface area contributed by atoms with Gasteiger partial charge in [0.1, 0.15) is 0 Å². The Hall–Kier alpha value is -1.69. The van der Waals surface area contributed by atoms with E-state index in [2.05, 4.69) is 29.0 Å². The van der Waals surface area contributed by atoms with Crippen LogP contribution in [0.4, 0.5) is 11.5 Å². The van der Waals surface area contributed by atoms with Crippen molar-refractivity contribution in [1.29, 1.82) is 0 Å². The van der Waals surface area contributed by atoms with Crippen molar-refractivity contribution in [3.8, 4) is 0 Å². The van der Waals surface area contributed by atoms with E-state index >= 15 is 0 Å². The van der Waals surface area contributed by atoms with Crippen molar-refractivity contribution in [3.63, 3.8) is 0 Å². The number of nitrogens with one attached hydrogen (secondary N) is 1. The maximum absolute atomic E-state index is 11.1. The van der Waals surface area contributed by atoms with E-state index in [0.29, 0.717) is 17.3 Å². The molecule has 0 amide bonds. The van der Waals surface area contributed by atoms with Crippen molar-refractivity contribution in [3.05, 3.63) is 27.9 Å². The Morgan fingerprint density at radius 2 is 2.11 bits per heavy atom. The van der Waals surface area contributed by atoms with Crippen LogP contribution >= 0.6 is 0 Å². The normalized spacial score (nSPS) is 12.8. The number of hydrogen-bond acceptors (Lipinski definition) is 5. The van der Waals surface area contributed by atoms with Gasteiger partial charge in [0.2, 0.25) is 5.82 Å². The van der Waals surface area contributed by atoms with Crippen LogP contribution in [0, 0.1) is 23.0 Å². The summed E-state index contributed by atoms with van der Waals surface area (Å²) in [6, 6.07) is 1.77. The van der Waals surface area contributed by atoms with Crippen LogP contribution in [0.3, 0.4) is 0 Å². The van der Waals surface area contributed by atoms with E-state index in [0.717, 1.165) is 6.54 Å². The van der Waals surface area contributed by atoms with Crippen LogP contribution in [-0.4, -0.2) is 41.5 Å². The fraction of sp³-hybridized carbons (Fsp3) is 0.615. The number of nitrogens with zero attached hydrogens (tertiary/aromatic N) is 3. The smallest absolute Gasteiger partial charge is 0.314 e. The largest absolute Gasteiger partial charge is 0.360 e. The molecule has 0 aromatic carbocycles. The van der Waals surface area contributed by atoms with E-state index in [1.165, 1.54) is 0 Å². The number of anilines is 1. The molecule has 106 valence electrons. The van der Waals surface area contributed by atoms with Gasteiger partial charge >= 0.3 is 5.69 Å². The first-order chi connectivity index (χ1) is 8.82. The lowest BCUT2D eigenvalue weighted by molar-refractivity contribution is -0.384. The number of aromatic nitrogens is 1. The topological polar surface area (TPSA) is 71.3 Å². The van der Waals surface area contributed by atoms with E-state index in [4.69, 9.17) is 0 Å². The minimum Gasteiger partial charge on any atom is -0.360 e. The quantitative estimate of drug-likeness (QED) is 0.632. The molecule has 0 aliphatic rings. The van der Waals surface area contributed by atoms with Gasteiger partial charge in [-0.15, -0.1) is 0 Å². The molecule has 0 spiro atoms. The van der Waals surface area contributed by atoms with Gasteiger partial charge in [0.05, 0.1) is 4.92 Å². The molecule has 0 radical (unpaired) electrons. The second-order valence-corrected chi connectivity index (χ2v) is 5.34. The van der Waals surface area contributed by atoms with Crippen LogP contribution in [0.1, 0.15) is 19.4 Å². The molecule has 1 rings (SSSR count). The zero-order valence-corrected chi connectivity index (χ0v) is 12.2. The van der Waals surface area contributed by atoms with Gasteiger partial charge in [-0.1, -0.05) is 13.8 Å². The Labute approximate surface area is 114 Å². The second-order valence-electron chi connectivity index (χ2n) is 5.34. The summed E-state index contributed by atoms with van der Waals surface area (Å²) in [5.41, 5.74) is 0.682. The summed E-state index contributed by atoms with van der Waals surface area (Å²) in [5.74, 6) is 0.704. The third kappa shape index (κ3) is 4.17. The molecule has 1 N–H and O–H groups in total. The lowest BCUT2D eigenvalue weighted by atomic mass is 10.0. The molecule has 0 saturated heterocycles. The van der Waals surface area contributed by atoms with Crippen molar-refractivity contribution in [2.45, 2.75) is 26.8 Å². The molecule has 6 heteroatoms. The van der Waals surface area contributed by atoms with Crippen molar-refractivity contribution in [1.82, 2.24) is 9.88 Å². The highest BCUT2D eigenvalue weighted by Gasteiger charge is 2.22. The second kappa shape index (κ2) is 6.47. The number of rotatable bonds is 6. The maximum atomic E-state index is 11.1.